The minimum absolute atomic E-state index is 0.0330. The first-order chi connectivity index (χ1) is 13.5. The van der Waals surface area contributed by atoms with Crippen LogP contribution in [-0.4, -0.2) is 64.8 Å². The molecule has 28 heavy (non-hydrogen) atoms. The van der Waals surface area contributed by atoms with Gasteiger partial charge < -0.3 is 14.9 Å². The van der Waals surface area contributed by atoms with E-state index in [4.69, 9.17) is 4.74 Å². The molecule has 0 unspecified atom stereocenters. The van der Waals surface area contributed by atoms with Gasteiger partial charge in [-0.1, -0.05) is 6.07 Å². The van der Waals surface area contributed by atoms with Gasteiger partial charge in [0.25, 0.3) is 5.56 Å². The van der Waals surface area contributed by atoms with Gasteiger partial charge in [0.1, 0.15) is 6.54 Å². The number of piperidine rings is 1. The summed E-state index contributed by atoms with van der Waals surface area (Å²) in [5, 5.41) is 20.4. The normalized spacial score (nSPS) is 20.4. The Morgan fingerprint density at radius 3 is 2.79 bits per heavy atom. The minimum Gasteiger partial charge on any atom is -0.468 e. The summed E-state index contributed by atoms with van der Waals surface area (Å²) in [6.07, 6.45) is 2.03. The van der Waals surface area contributed by atoms with E-state index in [1.54, 1.807) is 11.8 Å². The van der Waals surface area contributed by atoms with E-state index in [2.05, 4.69) is 0 Å². The lowest BCUT2D eigenvalue weighted by Gasteiger charge is -2.35. The Labute approximate surface area is 167 Å². The third kappa shape index (κ3) is 4.41. The summed E-state index contributed by atoms with van der Waals surface area (Å²) in [7, 11) is 1.30. The maximum absolute atomic E-state index is 13.1. The topological polar surface area (TPSA) is 92.0 Å². The van der Waals surface area contributed by atoms with Crippen molar-refractivity contribution in [3.63, 3.8) is 0 Å². The molecule has 1 aliphatic rings. The second-order valence-electron chi connectivity index (χ2n) is 7.10. The van der Waals surface area contributed by atoms with Crippen molar-refractivity contribution in [3.05, 3.63) is 40.2 Å². The number of aliphatic hydroxyl groups excluding tert-OH is 2. The summed E-state index contributed by atoms with van der Waals surface area (Å²) < 4.78 is 6.24. The average molecular weight is 407 g/mol. The molecule has 0 amide bonds. The lowest BCUT2D eigenvalue weighted by molar-refractivity contribution is -0.141. The molecule has 1 aliphatic heterocycles. The zero-order valence-corrected chi connectivity index (χ0v) is 16.9. The Morgan fingerprint density at radius 2 is 2.14 bits per heavy atom. The fourth-order valence-corrected chi connectivity index (χ4v) is 4.08. The SMILES string of the molecule is COC(=O)Cn1c(=O)c(CN2CC[C@H](CO)[C@@H](O)C2)cc2ccc(SC)cc21. The molecule has 2 N–H and O–H groups in total. The molecule has 1 saturated heterocycles. The molecule has 2 atom stereocenters. The molecule has 1 aromatic heterocycles. The summed E-state index contributed by atoms with van der Waals surface area (Å²) in [6.45, 7) is 1.31. The quantitative estimate of drug-likeness (QED) is 0.548. The number of benzene rings is 1. The lowest BCUT2D eigenvalue weighted by Crippen LogP contribution is -2.45. The lowest BCUT2D eigenvalue weighted by atomic mass is 9.94. The van der Waals surface area contributed by atoms with Crippen molar-refractivity contribution >= 4 is 28.6 Å². The van der Waals surface area contributed by atoms with Crippen LogP contribution in [0, 0.1) is 5.92 Å². The second-order valence-corrected chi connectivity index (χ2v) is 7.98. The fourth-order valence-electron chi connectivity index (χ4n) is 3.65. The van der Waals surface area contributed by atoms with Crippen molar-refractivity contribution in [2.75, 3.05) is 33.1 Å². The Kier molecular flexibility index (Phi) is 6.77. The molecule has 0 bridgehead atoms. The number of nitrogens with zero attached hydrogens (tertiary/aromatic N) is 2. The van der Waals surface area contributed by atoms with Crippen molar-refractivity contribution in [1.29, 1.82) is 0 Å². The predicted molar refractivity (Wildman–Crippen MR) is 108 cm³/mol. The zero-order valence-electron chi connectivity index (χ0n) is 16.1. The number of aliphatic hydroxyl groups is 2. The predicted octanol–water partition coefficient (Wildman–Crippen LogP) is 1.07. The van der Waals surface area contributed by atoms with Crippen LogP contribution in [0.1, 0.15) is 12.0 Å². The van der Waals surface area contributed by atoms with E-state index in [1.165, 1.54) is 11.7 Å². The van der Waals surface area contributed by atoms with Crippen LogP contribution in [0.2, 0.25) is 0 Å². The first-order valence-electron chi connectivity index (χ1n) is 9.25. The van der Waals surface area contributed by atoms with Gasteiger partial charge in [-0.25, -0.2) is 0 Å². The van der Waals surface area contributed by atoms with Gasteiger partial charge in [-0.15, -0.1) is 11.8 Å². The minimum atomic E-state index is -0.611. The maximum atomic E-state index is 13.1. The number of methoxy groups -OCH3 is 1. The molecule has 1 aromatic carbocycles. The molecule has 2 aromatic rings. The number of fused-ring (bicyclic) bond motifs is 1. The van der Waals surface area contributed by atoms with Gasteiger partial charge in [-0.2, -0.15) is 0 Å². The van der Waals surface area contributed by atoms with Crippen LogP contribution >= 0.6 is 11.8 Å². The van der Waals surface area contributed by atoms with Gasteiger partial charge in [0, 0.05) is 36.1 Å². The molecule has 0 aliphatic carbocycles. The van der Waals surface area contributed by atoms with E-state index < -0.39 is 12.1 Å². The van der Waals surface area contributed by atoms with E-state index in [-0.39, 0.29) is 24.6 Å². The van der Waals surface area contributed by atoms with Gasteiger partial charge in [-0.05, 0) is 42.8 Å². The largest absolute Gasteiger partial charge is 0.468 e. The maximum Gasteiger partial charge on any atom is 0.325 e. The highest BCUT2D eigenvalue weighted by Crippen LogP contribution is 2.23. The summed E-state index contributed by atoms with van der Waals surface area (Å²) in [6, 6.07) is 7.70. The molecule has 8 heteroatoms. The van der Waals surface area contributed by atoms with Gasteiger partial charge in [0.2, 0.25) is 0 Å². The number of pyridine rings is 1. The Bertz CT molecular complexity index is 913. The molecule has 152 valence electrons. The van der Waals surface area contributed by atoms with E-state index in [0.29, 0.717) is 37.1 Å². The molecule has 7 nitrogen and oxygen atoms in total. The van der Waals surface area contributed by atoms with Gasteiger partial charge in [0.05, 0.1) is 18.7 Å². The molecule has 2 heterocycles. The standard InChI is InChI=1S/C20H26N2O5S/c1-27-19(25)11-22-17-8-16(28-2)4-3-13(17)7-15(20(22)26)9-21-6-5-14(12-23)18(24)10-21/h3-4,7-8,14,18,23-24H,5-6,9-12H2,1-2H3/t14-,18+/m1/s1. The Balaban J connectivity index is 1.97. The number of carbonyl (C=O) groups is 1. The van der Waals surface area contributed by atoms with Gasteiger partial charge >= 0.3 is 5.97 Å². The van der Waals surface area contributed by atoms with E-state index in [9.17, 15) is 19.8 Å². The number of esters is 1. The molecule has 1 fully saturated rings. The number of likely N-dealkylation sites (tertiary alicyclic amines) is 1. The first kappa shape index (κ1) is 20.9. The first-order valence-corrected chi connectivity index (χ1v) is 10.5. The molecule has 3 rings (SSSR count). The van der Waals surface area contributed by atoms with E-state index in [1.807, 2.05) is 35.4 Å². The Morgan fingerprint density at radius 1 is 1.36 bits per heavy atom. The van der Waals surface area contributed by atoms with E-state index >= 15 is 0 Å². The van der Waals surface area contributed by atoms with Crippen molar-refractivity contribution in [3.8, 4) is 0 Å². The Hall–Kier alpha value is -1.87. The van der Waals surface area contributed by atoms with Crippen molar-refractivity contribution < 1.29 is 19.7 Å². The van der Waals surface area contributed by atoms with Crippen LogP contribution < -0.4 is 5.56 Å². The summed E-state index contributed by atoms with van der Waals surface area (Å²) in [5.41, 5.74) is 1.04. The monoisotopic (exact) mass is 406 g/mol. The van der Waals surface area contributed by atoms with E-state index in [0.717, 1.165) is 10.3 Å². The number of hydrogen-bond acceptors (Lipinski definition) is 7. The third-order valence-electron chi connectivity index (χ3n) is 5.33. The van der Waals surface area contributed by atoms with Crippen molar-refractivity contribution in [2.45, 2.75) is 30.5 Å². The fraction of sp³-hybridized carbons (Fsp3) is 0.500. The summed E-state index contributed by atoms with van der Waals surface area (Å²) >= 11 is 1.57. The smallest absolute Gasteiger partial charge is 0.325 e. The number of β-amino-alcohol motifs (C(OH)–C–C–N with tert-alkyl or cyclic N) is 1. The molecule has 0 spiro atoms. The number of rotatable bonds is 6. The number of thioether (sulfide) groups is 1. The summed E-state index contributed by atoms with van der Waals surface area (Å²) in [4.78, 5) is 28.0. The van der Waals surface area contributed by atoms with Crippen molar-refractivity contribution in [2.24, 2.45) is 5.92 Å². The van der Waals surface area contributed by atoms with Crippen LogP contribution in [0.25, 0.3) is 10.9 Å². The third-order valence-corrected chi connectivity index (χ3v) is 6.05. The van der Waals surface area contributed by atoms with Gasteiger partial charge in [0.15, 0.2) is 0 Å². The number of ether oxygens (including phenoxy) is 1. The highest BCUT2D eigenvalue weighted by Gasteiger charge is 2.27. The van der Waals surface area contributed by atoms with Crippen molar-refractivity contribution in [1.82, 2.24) is 9.47 Å². The van der Waals surface area contributed by atoms with Crippen LogP contribution in [0.4, 0.5) is 0 Å². The number of hydrogen-bond donors (Lipinski definition) is 2. The van der Waals surface area contributed by atoms with Crippen LogP contribution in [0.3, 0.4) is 0 Å². The molecular weight excluding hydrogens is 380 g/mol. The molecule has 0 saturated carbocycles. The zero-order chi connectivity index (χ0) is 20.3. The number of carbonyl (C=O) groups excluding carboxylic acids is 1. The summed E-state index contributed by atoms with van der Waals surface area (Å²) in [5.74, 6) is -0.594. The second kappa shape index (κ2) is 9.09. The molecule has 0 radical (unpaired) electrons. The average Bonchev–Trinajstić information content (AvgIpc) is 2.70. The van der Waals surface area contributed by atoms with Crippen LogP contribution in [-0.2, 0) is 22.6 Å². The highest BCUT2D eigenvalue weighted by atomic mass is 32.2. The number of aromatic nitrogens is 1. The highest BCUT2D eigenvalue weighted by molar-refractivity contribution is 7.98. The van der Waals surface area contributed by atoms with Crippen LogP contribution in [0.15, 0.2) is 34.0 Å². The van der Waals surface area contributed by atoms with Gasteiger partial charge in [-0.3, -0.25) is 19.1 Å². The molecular formula is C20H26N2O5S. The van der Waals surface area contributed by atoms with Crippen LogP contribution in [0.5, 0.6) is 0 Å².